The van der Waals surface area contributed by atoms with Crippen LogP contribution in [0.3, 0.4) is 0 Å². The van der Waals surface area contributed by atoms with Crippen molar-refractivity contribution in [2.24, 2.45) is 0 Å². The number of anilines is 2. The molecule has 1 aliphatic rings. The molecule has 148 valence electrons. The third-order valence-electron chi connectivity index (χ3n) is 5.15. The Hall–Kier alpha value is -3.03. The normalized spacial score (nSPS) is 13.9. The van der Waals surface area contributed by atoms with Crippen molar-refractivity contribution in [2.75, 3.05) is 11.4 Å². The van der Waals surface area contributed by atoms with E-state index < -0.39 is 0 Å². The maximum atomic E-state index is 13.2. The van der Waals surface area contributed by atoms with Gasteiger partial charge in [-0.25, -0.2) is 4.79 Å². The Bertz CT molecular complexity index is 1120. The lowest BCUT2D eigenvalue weighted by atomic mass is 10.2. The van der Waals surface area contributed by atoms with Crippen LogP contribution < -0.4 is 16.1 Å². The summed E-state index contributed by atoms with van der Waals surface area (Å²) < 4.78 is 4.91. The molecule has 0 aliphatic carbocycles. The lowest BCUT2D eigenvalue weighted by Crippen LogP contribution is -2.40. The van der Waals surface area contributed by atoms with Crippen LogP contribution in [-0.2, 0) is 19.6 Å². The van der Waals surface area contributed by atoms with Crippen LogP contribution in [0.2, 0.25) is 0 Å². The first-order chi connectivity index (χ1) is 13.6. The molecule has 28 heavy (non-hydrogen) atoms. The van der Waals surface area contributed by atoms with Crippen molar-refractivity contribution in [3.05, 3.63) is 45.1 Å². The average molecular weight is 383 g/mol. The van der Waals surface area contributed by atoms with Crippen LogP contribution in [-0.4, -0.2) is 30.3 Å². The van der Waals surface area contributed by atoms with Gasteiger partial charge in [0.15, 0.2) is 11.2 Å². The lowest BCUT2D eigenvalue weighted by Gasteiger charge is -2.29. The monoisotopic (exact) mass is 383 g/mol. The summed E-state index contributed by atoms with van der Waals surface area (Å²) >= 11 is 0. The van der Waals surface area contributed by atoms with E-state index in [0.717, 1.165) is 25.1 Å². The van der Waals surface area contributed by atoms with E-state index in [0.29, 0.717) is 43.2 Å². The minimum atomic E-state index is -0.284. The number of aryl methyl sites for hydroxylation is 2. The summed E-state index contributed by atoms with van der Waals surface area (Å²) in [6, 6.07) is 6.94. The molecular weight excluding hydrogens is 358 g/mol. The maximum Gasteiger partial charge on any atom is 0.332 e. The van der Waals surface area contributed by atoms with Gasteiger partial charge in [-0.15, -0.1) is 0 Å². The molecule has 0 saturated carbocycles. The largest absolute Gasteiger partial charge is 0.508 e. The number of imidazole rings is 1. The highest BCUT2D eigenvalue weighted by atomic mass is 16.3. The van der Waals surface area contributed by atoms with E-state index in [2.05, 4.69) is 0 Å². The van der Waals surface area contributed by atoms with Crippen molar-refractivity contribution >= 4 is 22.8 Å². The summed E-state index contributed by atoms with van der Waals surface area (Å²) in [7, 11) is 0. The zero-order chi connectivity index (χ0) is 19.8. The number of aromatic hydroxyl groups is 1. The first-order valence-electron chi connectivity index (χ1n) is 9.87. The highest BCUT2D eigenvalue weighted by Crippen LogP contribution is 2.31. The first-order valence-corrected chi connectivity index (χ1v) is 9.87. The quantitative estimate of drug-likeness (QED) is 0.731. The van der Waals surface area contributed by atoms with Crippen LogP contribution >= 0.6 is 0 Å². The molecule has 3 aromatic rings. The molecule has 0 bridgehead atoms. The number of phenols is 1. The van der Waals surface area contributed by atoms with E-state index in [4.69, 9.17) is 4.98 Å². The van der Waals surface area contributed by atoms with Gasteiger partial charge in [0.05, 0.1) is 0 Å². The number of hydrogen-bond donors (Lipinski definition) is 1. The summed E-state index contributed by atoms with van der Waals surface area (Å²) in [4.78, 5) is 32.9. The van der Waals surface area contributed by atoms with Gasteiger partial charge in [-0.05, 0) is 43.5 Å². The molecule has 8 nitrogen and oxygen atoms in total. The summed E-state index contributed by atoms with van der Waals surface area (Å²) in [5.41, 5.74) is 1.31. The number of hydrogen-bond acceptors (Lipinski definition) is 5. The van der Waals surface area contributed by atoms with Crippen molar-refractivity contribution in [2.45, 2.75) is 52.7 Å². The molecule has 8 heteroatoms. The Morgan fingerprint density at radius 1 is 1.00 bits per heavy atom. The van der Waals surface area contributed by atoms with Crippen LogP contribution in [0.15, 0.2) is 33.9 Å². The highest BCUT2D eigenvalue weighted by molar-refractivity contribution is 5.77. The molecule has 4 rings (SSSR count). The predicted molar refractivity (Wildman–Crippen MR) is 109 cm³/mol. The summed E-state index contributed by atoms with van der Waals surface area (Å²) in [6.45, 7) is 6.33. The number of phenolic OH excluding ortho intramolecular Hbond substituents is 1. The molecule has 1 aliphatic heterocycles. The molecule has 1 N–H and O–H groups in total. The second-order valence-electron chi connectivity index (χ2n) is 7.15. The predicted octanol–water partition coefficient (Wildman–Crippen LogP) is 2.43. The molecule has 0 amide bonds. The Kier molecular flexibility index (Phi) is 4.70. The average Bonchev–Trinajstić information content (AvgIpc) is 3.09. The van der Waals surface area contributed by atoms with Gasteiger partial charge in [0.2, 0.25) is 5.95 Å². The van der Waals surface area contributed by atoms with E-state index in [1.807, 2.05) is 35.4 Å². The molecule has 0 radical (unpaired) electrons. The molecule has 1 aromatic carbocycles. The highest BCUT2D eigenvalue weighted by Gasteiger charge is 2.27. The van der Waals surface area contributed by atoms with Gasteiger partial charge in [0.1, 0.15) is 5.75 Å². The topological polar surface area (TPSA) is 85.3 Å². The summed E-state index contributed by atoms with van der Waals surface area (Å²) in [6.07, 6.45) is 2.36. The molecule has 0 spiro atoms. The molecule has 0 fully saturated rings. The van der Waals surface area contributed by atoms with Gasteiger partial charge in [-0.1, -0.05) is 13.8 Å². The van der Waals surface area contributed by atoms with Crippen LogP contribution in [0.25, 0.3) is 11.2 Å². The molecule has 2 aromatic heterocycles. The standard InChI is InChI=1S/C20H25N5O3/c1-3-10-24-17-16(18(27)25(11-4-2)20(24)28)23-13-5-12-22(19(23)21-17)14-6-8-15(26)9-7-14/h6-9,26H,3-5,10-13H2,1-2H3. The minimum Gasteiger partial charge on any atom is -0.508 e. The van der Waals surface area contributed by atoms with Gasteiger partial charge in [-0.3, -0.25) is 13.9 Å². The van der Waals surface area contributed by atoms with Crippen LogP contribution in [0.1, 0.15) is 33.1 Å². The second-order valence-corrected chi connectivity index (χ2v) is 7.15. The molecule has 0 atom stereocenters. The number of nitrogens with zero attached hydrogens (tertiary/aromatic N) is 5. The van der Waals surface area contributed by atoms with Crippen LogP contribution in [0, 0.1) is 0 Å². The van der Waals surface area contributed by atoms with Crippen molar-refractivity contribution < 1.29 is 5.11 Å². The number of aromatic nitrogens is 4. The van der Waals surface area contributed by atoms with E-state index in [-0.39, 0.29) is 17.0 Å². The van der Waals surface area contributed by atoms with Crippen molar-refractivity contribution in [1.82, 2.24) is 18.7 Å². The van der Waals surface area contributed by atoms with Gasteiger partial charge in [0, 0.05) is 31.9 Å². The van der Waals surface area contributed by atoms with E-state index in [1.54, 1.807) is 16.7 Å². The smallest absolute Gasteiger partial charge is 0.332 e. The lowest BCUT2D eigenvalue weighted by molar-refractivity contribution is 0.475. The summed E-state index contributed by atoms with van der Waals surface area (Å²) in [5.74, 6) is 0.871. The molecule has 3 heterocycles. The fourth-order valence-corrected chi connectivity index (χ4v) is 3.91. The Morgan fingerprint density at radius 3 is 2.36 bits per heavy atom. The van der Waals surface area contributed by atoms with Crippen molar-refractivity contribution in [3.8, 4) is 5.75 Å². The minimum absolute atomic E-state index is 0.202. The molecular formula is C20H25N5O3. The Morgan fingerprint density at radius 2 is 1.68 bits per heavy atom. The van der Waals surface area contributed by atoms with Gasteiger partial charge < -0.3 is 14.6 Å². The third-order valence-corrected chi connectivity index (χ3v) is 5.15. The van der Waals surface area contributed by atoms with Gasteiger partial charge in [-0.2, -0.15) is 4.98 Å². The number of benzene rings is 1. The fraction of sp³-hybridized carbons (Fsp3) is 0.450. The molecule has 0 saturated heterocycles. The fourth-order valence-electron chi connectivity index (χ4n) is 3.91. The number of rotatable bonds is 5. The third kappa shape index (κ3) is 2.80. The van der Waals surface area contributed by atoms with E-state index in [9.17, 15) is 14.7 Å². The van der Waals surface area contributed by atoms with Gasteiger partial charge in [0.25, 0.3) is 5.56 Å². The van der Waals surface area contributed by atoms with E-state index in [1.165, 1.54) is 4.57 Å². The van der Waals surface area contributed by atoms with Gasteiger partial charge >= 0.3 is 5.69 Å². The van der Waals surface area contributed by atoms with Crippen molar-refractivity contribution in [3.63, 3.8) is 0 Å². The molecule has 0 unspecified atom stereocenters. The second kappa shape index (κ2) is 7.18. The summed E-state index contributed by atoms with van der Waals surface area (Å²) in [5, 5.41) is 9.59. The van der Waals surface area contributed by atoms with Crippen molar-refractivity contribution in [1.29, 1.82) is 0 Å². The maximum absolute atomic E-state index is 13.2. The Labute approximate surface area is 162 Å². The van der Waals surface area contributed by atoms with Crippen LogP contribution in [0.4, 0.5) is 11.6 Å². The SMILES string of the molecule is CCCn1c(=O)c2c(nc3n2CCCN3c2ccc(O)cc2)n(CCC)c1=O. The Balaban J connectivity index is 1.99. The zero-order valence-electron chi connectivity index (χ0n) is 16.3. The van der Waals surface area contributed by atoms with E-state index >= 15 is 0 Å². The zero-order valence-corrected chi connectivity index (χ0v) is 16.3. The van der Waals surface area contributed by atoms with Crippen LogP contribution in [0.5, 0.6) is 5.75 Å². The number of fused-ring (bicyclic) bond motifs is 3. The first kappa shape index (κ1) is 18.3.